The highest BCUT2D eigenvalue weighted by Gasteiger charge is 2.35. The molecule has 7 nitrogen and oxygen atoms in total. The standard InChI is InChI=1S/C20H26N4O3/c1-13-17(20(26)27-4)14(2)22-18(13)19(25)15(3)23-9-11-24(12-10-23)16-7-5-6-8-21-16/h5-8,15,22H,9-12H2,1-4H3/p+2/t15-/m1/s1. The van der Waals surface area contributed by atoms with Crippen molar-refractivity contribution in [2.45, 2.75) is 26.8 Å². The molecule has 7 heteroatoms. The zero-order chi connectivity index (χ0) is 19.6. The molecular formula is C20H28N4O3+2. The molecule has 144 valence electrons. The van der Waals surface area contributed by atoms with E-state index in [1.165, 1.54) is 12.0 Å². The summed E-state index contributed by atoms with van der Waals surface area (Å²) in [5.41, 5.74) is 2.33. The van der Waals surface area contributed by atoms with Gasteiger partial charge < -0.3 is 14.6 Å². The molecule has 0 unspecified atom stereocenters. The van der Waals surface area contributed by atoms with Crippen molar-refractivity contribution in [2.24, 2.45) is 0 Å². The maximum absolute atomic E-state index is 13.1. The van der Waals surface area contributed by atoms with Crippen LogP contribution in [0.3, 0.4) is 0 Å². The summed E-state index contributed by atoms with van der Waals surface area (Å²) >= 11 is 0. The average Bonchev–Trinajstić information content (AvgIpc) is 3.01. The fourth-order valence-electron chi connectivity index (χ4n) is 3.85. The Balaban J connectivity index is 1.69. The third kappa shape index (κ3) is 3.73. The zero-order valence-electron chi connectivity index (χ0n) is 16.4. The summed E-state index contributed by atoms with van der Waals surface area (Å²) in [6.07, 6.45) is 1.93. The molecule has 0 radical (unpaired) electrons. The Hall–Kier alpha value is -2.67. The summed E-state index contributed by atoms with van der Waals surface area (Å²) in [5.74, 6) is 0.739. The molecule has 0 bridgehead atoms. The number of hydrogen-bond donors (Lipinski definition) is 2. The van der Waals surface area contributed by atoms with Crippen LogP contribution in [0, 0.1) is 13.8 Å². The van der Waals surface area contributed by atoms with Crippen LogP contribution in [-0.2, 0) is 4.74 Å². The van der Waals surface area contributed by atoms with E-state index in [9.17, 15) is 9.59 Å². The van der Waals surface area contributed by atoms with E-state index in [0.717, 1.165) is 32.0 Å². The Labute approximate surface area is 159 Å². The van der Waals surface area contributed by atoms with Gasteiger partial charge in [0.25, 0.3) is 5.82 Å². The molecule has 0 aromatic carbocycles. The van der Waals surface area contributed by atoms with E-state index in [-0.39, 0.29) is 11.8 Å². The molecule has 1 aliphatic heterocycles. The van der Waals surface area contributed by atoms with Crippen molar-refractivity contribution >= 4 is 17.6 Å². The van der Waals surface area contributed by atoms with Crippen molar-refractivity contribution in [1.82, 2.24) is 4.98 Å². The van der Waals surface area contributed by atoms with Gasteiger partial charge in [-0.25, -0.2) is 9.78 Å². The van der Waals surface area contributed by atoms with Crippen molar-refractivity contribution in [1.29, 1.82) is 0 Å². The van der Waals surface area contributed by atoms with Crippen LogP contribution in [0.5, 0.6) is 0 Å². The summed E-state index contributed by atoms with van der Waals surface area (Å²) in [7, 11) is 1.35. The molecule has 3 heterocycles. The van der Waals surface area contributed by atoms with Gasteiger partial charge in [0.15, 0.2) is 6.04 Å². The third-order valence-electron chi connectivity index (χ3n) is 5.52. The SMILES string of the molecule is COC(=O)c1c(C)[nH]c(C(=O)[C@@H](C)[NH+]2CCN(c3cccc[nH+]3)CC2)c1C. The molecule has 2 aromatic rings. The summed E-state index contributed by atoms with van der Waals surface area (Å²) in [4.78, 5) is 35.0. The first-order chi connectivity index (χ1) is 12.9. The number of aromatic nitrogens is 2. The lowest BCUT2D eigenvalue weighted by Gasteiger charge is -2.31. The number of esters is 1. The third-order valence-corrected chi connectivity index (χ3v) is 5.52. The predicted octanol–water partition coefficient (Wildman–Crippen LogP) is 0.209. The predicted molar refractivity (Wildman–Crippen MR) is 101 cm³/mol. The number of rotatable bonds is 5. The maximum Gasteiger partial charge on any atom is 0.339 e. The van der Waals surface area contributed by atoms with Gasteiger partial charge in [0.05, 0.1) is 24.6 Å². The molecule has 3 N–H and O–H groups in total. The Kier molecular flexibility index (Phi) is 5.60. The number of hydrogen-bond acceptors (Lipinski definition) is 4. The van der Waals surface area contributed by atoms with Crippen LogP contribution in [0.15, 0.2) is 24.4 Å². The van der Waals surface area contributed by atoms with Crippen molar-refractivity contribution in [2.75, 3.05) is 38.2 Å². The number of quaternary nitrogens is 1. The average molecular weight is 372 g/mol. The minimum atomic E-state index is -0.409. The molecule has 1 saturated heterocycles. The minimum Gasteiger partial charge on any atom is -0.465 e. The molecule has 0 aliphatic carbocycles. The molecule has 1 fully saturated rings. The van der Waals surface area contributed by atoms with Crippen LogP contribution in [0.1, 0.15) is 39.0 Å². The Morgan fingerprint density at radius 3 is 2.56 bits per heavy atom. The smallest absolute Gasteiger partial charge is 0.339 e. The Morgan fingerprint density at radius 1 is 1.26 bits per heavy atom. The number of carbonyl (C=O) groups excluding carboxylic acids is 2. The second-order valence-corrected chi connectivity index (χ2v) is 7.10. The van der Waals surface area contributed by atoms with Gasteiger partial charge in [0.2, 0.25) is 5.78 Å². The highest BCUT2D eigenvalue weighted by atomic mass is 16.5. The number of aryl methyl sites for hydroxylation is 1. The van der Waals surface area contributed by atoms with Gasteiger partial charge in [0.1, 0.15) is 26.2 Å². The lowest BCUT2D eigenvalue weighted by atomic mass is 10.0. The number of H-pyrrole nitrogens is 2. The molecule has 1 atom stereocenters. The van der Waals surface area contributed by atoms with Gasteiger partial charge in [0, 0.05) is 11.8 Å². The number of ketones is 1. The molecule has 3 rings (SSSR count). The van der Waals surface area contributed by atoms with E-state index in [1.807, 2.05) is 25.3 Å². The van der Waals surface area contributed by atoms with Gasteiger partial charge in [-0.3, -0.25) is 9.69 Å². The molecule has 0 spiro atoms. The van der Waals surface area contributed by atoms with Crippen molar-refractivity contribution < 1.29 is 24.2 Å². The summed E-state index contributed by atoms with van der Waals surface area (Å²) in [5, 5.41) is 0. The van der Waals surface area contributed by atoms with E-state index < -0.39 is 5.97 Å². The van der Waals surface area contributed by atoms with Gasteiger partial charge in [-0.2, -0.15) is 0 Å². The van der Waals surface area contributed by atoms with Crippen LogP contribution in [-0.4, -0.2) is 56.1 Å². The highest BCUT2D eigenvalue weighted by molar-refractivity contribution is 6.03. The Bertz CT molecular complexity index is 823. The van der Waals surface area contributed by atoms with Crippen LogP contribution < -0.4 is 14.8 Å². The number of nitrogens with one attached hydrogen (secondary N) is 3. The number of pyridine rings is 1. The van der Waals surface area contributed by atoms with Gasteiger partial charge in [-0.15, -0.1) is 0 Å². The van der Waals surface area contributed by atoms with E-state index in [2.05, 4.69) is 20.9 Å². The largest absolute Gasteiger partial charge is 0.465 e. The monoisotopic (exact) mass is 372 g/mol. The van der Waals surface area contributed by atoms with E-state index in [1.54, 1.807) is 13.8 Å². The molecular weight excluding hydrogens is 344 g/mol. The van der Waals surface area contributed by atoms with E-state index in [4.69, 9.17) is 4.74 Å². The van der Waals surface area contributed by atoms with Crippen LogP contribution in [0.25, 0.3) is 0 Å². The van der Waals surface area contributed by atoms with Crippen LogP contribution in [0.2, 0.25) is 0 Å². The fraction of sp³-hybridized carbons (Fsp3) is 0.450. The van der Waals surface area contributed by atoms with Crippen molar-refractivity contribution in [3.8, 4) is 0 Å². The Morgan fingerprint density at radius 2 is 1.96 bits per heavy atom. The molecule has 2 aromatic heterocycles. The van der Waals surface area contributed by atoms with E-state index >= 15 is 0 Å². The zero-order valence-corrected chi connectivity index (χ0v) is 16.4. The van der Waals surface area contributed by atoms with Gasteiger partial charge in [-0.05, 0) is 32.4 Å². The quantitative estimate of drug-likeness (QED) is 0.581. The number of piperazine rings is 1. The van der Waals surface area contributed by atoms with Crippen molar-refractivity contribution in [3.63, 3.8) is 0 Å². The lowest BCUT2D eigenvalue weighted by molar-refractivity contribution is -0.914. The summed E-state index contributed by atoms with van der Waals surface area (Å²) < 4.78 is 4.84. The first-order valence-corrected chi connectivity index (χ1v) is 9.32. The number of nitrogens with zero attached hydrogens (tertiary/aromatic N) is 1. The number of Topliss-reactive ketones (excluding diaryl/α,β-unsaturated/α-hetero) is 1. The second kappa shape index (κ2) is 7.92. The number of methoxy groups -OCH3 is 1. The number of aromatic amines is 2. The number of carbonyl (C=O) groups is 2. The number of anilines is 1. The van der Waals surface area contributed by atoms with Crippen molar-refractivity contribution in [3.05, 3.63) is 46.9 Å². The molecule has 0 saturated carbocycles. The van der Waals surface area contributed by atoms with Crippen LogP contribution in [0.4, 0.5) is 5.82 Å². The fourth-order valence-corrected chi connectivity index (χ4v) is 3.85. The lowest BCUT2D eigenvalue weighted by Crippen LogP contribution is -3.18. The molecule has 27 heavy (non-hydrogen) atoms. The first-order valence-electron chi connectivity index (χ1n) is 9.32. The summed E-state index contributed by atoms with van der Waals surface area (Å²) in [6.45, 7) is 9.12. The molecule has 0 amide bonds. The first kappa shape index (κ1) is 19.1. The van der Waals surface area contributed by atoms with E-state index in [0.29, 0.717) is 22.5 Å². The van der Waals surface area contributed by atoms with Crippen LogP contribution >= 0.6 is 0 Å². The topological polar surface area (TPSA) is 81.0 Å². The second-order valence-electron chi connectivity index (χ2n) is 7.10. The highest BCUT2D eigenvalue weighted by Crippen LogP contribution is 2.20. The number of ether oxygens (including phenoxy) is 1. The normalized spacial score (nSPS) is 16.2. The molecule has 1 aliphatic rings. The van der Waals surface area contributed by atoms with Gasteiger partial charge in [-0.1, -0.05) is 6.07 Å². The van der Waals surface area contributed by atoms with Gasteiger partial charge >= 0.3 is 5.97 Å². The summed E-state index contributed by atoms with van der Waals surface area (Å²) in [6, 6.07) is 5.88. The minimum absolute atomic E-state index is 0.0421. The maximum atomic E-state index is 13.1.